The van der Waals surface area contributed by atoms with Gasteiger partial charge in [-0.05, 0) is 55.8 Å². The number of alkyl halides is 3. The van der Waals surface area contributed by atoms with Crippen molar-refractivity contribution in [1.29, 1.82) is 0 Å². The molecule has 1 heterocycles. The zero-order valence-corrected chi connectivity index (χ0v) is 19.4. The van der Waals surface area contributed by atoms with E-state index in [9.17, 15) is 26.4 Å². The predicted molar refractivity (Wildman–Crippen MR) is 117 cm³/mol. The minimum absolute atomic E-state index is 0.00324. The molecule has 34 heavy (non-hydrogen) atoms. The second-order valence-corrected chi connectivity index (χ2v) is 10.3. The number of nitrogens with one attached hydrogen (secondary N) is 1. The van der Waals surface area contributed by atoms with Crippen LogP contribution in [0.1, 0.15) is 12.8 Å². The van der Waals surface area contributed by atoms with Crippen LogP contribution >= 0.6 is 0 Å². The van der Waals surface area contributed by atoms with Gasteiger partial charge in [0, 0.05) is 19.6 Å². The van der Waals surface area contributed by atoms with Crippen molar-refractivity contribution in [1.82, 2.24) is 10.2 Å². The molecule has 0 aromatic heterocycles. The van der Waals surface area contributed by atoms with E-state index in [1.54, 1.807) is 0 Å². The zero-order chi connectivity index (χ0) is 25.0. The van der Waals surface area contributed by atoms with Gasteiger partial charge in [0.2, 0.25) is 0 Å². The van der Waals surface area contributed by atoms with Gasteiger partial charge >= 0.3 is 12.1 Å². The van der Waals surface area contributed by atoms with Crippen LogP contribution in [-0.4, -0.2) is 75.8 Å². The fourth-order valence-corrected chi connectivity index (χ4v) is 5.75. The van der Waals surface area contributed by atoms with Gasteiger partial charge in [-0.3, -0.25) is 4.90 Å². The summed E-state index contributed by atoms with van der Waals surface area (Å²) in [5.41, 5.74) is -2.35. The smallest absolute Gasteiger partial charge is 0.399 e. The number of hydrogen-bond donors (Lipinski definition) is 2. The number of methoxy groups -OCH3 is 1. The summed E-state index contributed by atoms with van der Waals surface area (Å²) >= 11 is 0. The van der Waals surface area contributed by atoms with Gasteiger partial charge in [-0.1, -0.05) is 6.08 Å². The Balaban J connectivity index is 1.89. The molecule has 1 fully saturated rings. The molecular formula is C22H27F3N2O6S. The minimum Gasteiger partial charge on any atom is -0.497 e. The maximum Gasteiger partial charge on any atom is 0.399 e. The molecule has 2 unspecified atom stereocenters. The van der Waals surface area contributed by atoms with Crippen LogP contribution in [0.15, 0.2) is 53.1 Å². The Morgan fingerprint density at radius 3 is 2.56 bits per heavy atom. The number of nitrogens with zero attached hydrogens (tertiary/aromatic N) is 1. The third-order valence-electron chi connectivity index (χ3n) is 5.92. The van der Waals surface area contributed by atoms with Crippen molar-refractivity contribution in [2.75, 3.05) is 39.9 Å². The molecule has 0 radical (unpaired) electrons. The number of allylic oxidation sites excluding steroid dienone is 2. The number of hydrogen-bond acceptors (Lipinski definition) is 7. The zero-order valence-electron chi connectivity index (χ0n) is 18.5. The lowest BCUT2D eigenvalue weighted by molar-refractivity contribution is -0.211. The van der Waals surface area contributed by atoms with Crippen LogP contribution < -0.4 is 10.1 Å². The van der Waals surface area contributed by atoms with Gasteiger partial charge in [-0.15, -0.1) is 0 Å². The highest BCUT2D eigenvalue weighted by Gasteiger charge is 2.55. The number of aliphatic carboxylic acids is 1. The molecule has 0 saturated carbocycles. The molecule has 12 heteroatoms. The van der Waals surface area contributed by atoms with Crippen LogP contribution in [0.25, 0.3) is 0 Å². The van der Waals surface area contributed by atoms with Crippen LogP contribution in [0.4, 0.5) is 13.2 Å². The molecule has 0 amide bonds. The minimum atomic E-state index is -4.67. The third-order valence-corrected chi connectivity index (χ3v) is 8.03. The summed E-state index contributed by atoms with van der Waals surface area (Å²) in [6.45, 7) is -0.626. The Labute approximate surface area is 195 Å². The topological polar surface area (TPSA) is 105 Å². The van der Waals surface area contributed by atoms with Crippen molar-refractivity contribution in [3.63, 3.8) is 0 Å². The Morgan fingerprint density at radius 1 is 1.29 bits per heavy atom. The lowest BCUT2D eigenvalue weighted by Crippen LogP contribution is -2.53. The van der Waals surface area contributed by atoms with Gasteiger partial charge in [0.15, 0.2) is 16.4 Å². The van der Waals surface area contributed by atoms with Gasteiger partial charge < -0.3 is 19.9 Å². The van der Waals surface area contributed by atoms with Gasteiger partial charge in [-0.2, -0.15) is 13.2 Å². The van der Waals surface area contributed by atoms with Crippen LogP contribution in [0.5, 0.6) is 5.75 Å². The first-order valence-corrected chi connectivity index (χ1v) is 12.2. The van der Waals surface area contributed by atoms with Crippen molar-refractivity contribution < 1.29 is 41.0 Å². The number of halogens is 3. The van der Waals surface area contributed by atoms with Crippen molar-refractivity contribution in [3.8, 4) is 5.75 Å². The van der Waals surface area contributed by atoms with E-state index in [0.29, 0.717) is 18.7 Å². The van der Waals surface area contributed by atoms with Crippen molar-refractivity contribution in [2.45, 2.75) is 29.3 Å². The maximum atomic E-state index is 14.3. The Kier molecular flexibility index (Phi) is 7.94. The molecular weight excluding hydrogens is 477 g/mol. The number of rotatable bonds is 8. The van der Waals surface area contributed by atoms with Crippen LogP contribution in [0, 0.1) is 5.41 Å². The first-order chi connectivity index (χ1) is 16.0. The normalized spacial score (nSPS) is 24.2. The molecule has 1 saturated heterocycles. The summed E-state index contributed by atoms with van der Waals surface area (Å²) in [4.78, 5) is 12.0. The average molecular weight is 505 g/mol. The van der Waals surface area contributed by atoms with Crippen LogP contribution in [-0.2, 0) is 19.4 Å². The number of ether oxygens (including phenoxy) is 2. The Morgan fingerprint density at radius 2 is 2.00 bits per heavy atom. The monoisotopic (exact) mass is 504 g/mol. The van der Waals surface area contributed by atoms with E-state index in [-0.39, 0.29) is 23.7 Å². The molecule has 1 aromatic rings. The molecule has 0 bridgehead atoms. The molecule has 2 aliphatic rings. The third kappa shape index (κ3) is 5.73. The second-order valence-electron chi connectivity index (χ2n) is 8.18. The SMILES string of the molecule is COc1ccc(S(=O)(=O)C2CNCCCN2CC2(C(F)(F)F)C=CC(OCC(=O)O)=CC2)cc1. The molecule has 188 valence electrons. The summed E-state index contributed by atoms with van der Waals surface area (Å²) in [7, 11) is -2.55. The van der Waals surface area contributed by atoms with Gasteiger partial charge in [0.05, 0.1) is 12.0 Å². The summed E-state index contributed by atoms with van der Waals surface area (Å²) < 4.78 is 79.8. The average Bonchev–Trinajstić information content (AvgIpc) is 3.03. The van der Waals surface area contributed by atoms with E-state index >= 15 is 0 Å². The number of carbonyl (C=O) groups is 1. The molecule has 0 spiro atoms. The van der Waals surface area contributed by atoms with Crippen molar-refractivity contribution in [2.24, 2.45) is 5.41 Å². The quantitative estimate of drug-likeness (QED) is 0.557. The van der Waals surface area contributed by atoms with E-state index in [0.717, 1.165) is 12.2 Å². The number of benzene rings is 1. The molecule has 1 aromatic carbocycles. The standard InChI is InChI=1S/C22H27F3N2O6S/c1-32-16-3-5-18(6-4-16)34(30,31)19-13-26-11-2-12-27(19)15-21(22(23,24)25)9-7-17(8-10-21)33-14-20(28)29/h3-9,19,26H,2,10-15H2,1H3,(H,28,29). The number of sulfone groups is 1. The molecule has 1 aliphatic carbocycles. The molecule has 2 N–H and O–H groups in total. The van der Waals surface area contributed by atoms with Crippen LogP contribution in [0.3, 0.4) is 0 Å². The molecule has 2 atom stereocenters. The Bertz CT molecular complexity index is 1040. The first kappa shape index (κ1) is 26.0. The second kappa shape index (κ2) is 10.4. The van der Waals surface area contributed by atoms with E-state index in [4.69, 9.17) is 14.6 Å². The van der Waals surface area contributed by atoms with E-state index < -0.39 is 52.3 Å². The van der Waals surface area contributed by atoms with Crippen molar-refractivity contribution in [3.05, 3.63) is 48.3 Å². The fourth-order valence-electron chi connectivity index (χ4n) is 4.01. The highest BCUT2D eigenvalue weighted by Crippen LogP contribution is 2.46. The summed E-state index contributed by atoms with van der Waals surface area (Å²) in [6.07, 6.45) is -1.45. The molecule has 1 aliphatic heterocycles. The van der Waals surface area contributed by atoms with E-state index in [1.165, 1.54) is 42.4 Å². The van der Waals surface area contributed by atoms with Crippen LogP contribution in [0.2, 0.25) is 0 Å². The fraction of sp³-hybridized carbons (Fsp3) is 0.500. The van der Waals surface area contributed by atoms with Gasteiger partial charge in [-0.25, -0.2) is 13.2 Å². The summed E-state index contributed by atoms with van der Waals surface area (Å²) in [6, 6.07) is 5.75. The highest BCUT2D eigenvalue weighted by atomic mass is 32.2. The van der Waals surface area contributed by atoms with Gasteiger partial charge in [0.25, 0.3) is 0 Å². The predicted octanol–water partition coefficient (Wildman–Crippen LogP) is 2.58. The lowest BCUT2D eigenvalue weighted by Gasteiger charge is -2.40. The molecule has 3 rings (SSSR count). The number of carboxylic acids is 1. The maximum absolute atomic E-state index is 14.3. The highest BCUT2D eigenvalue weighted by molar-refractivity contribution is 7.92. The molecule has 8 nitrogen and oxygen atoms in total. The van der Waals surface area contributed by atoms with E-state index in [2.05, 4.69) is 5.32 Å². The largest absolute Gasteiger partial charge is 0.497 e. The Hall–Kier alpha value is -2.57. The lowest BCUT2D eigenvalue weighted by atomic mass is 9.79. The summed E-state index contributed by atoms with van der Waals surface area (Å²) in [5.74, 6) is -0.751. The van der Waals surface area contributed by atoms with Crippen molar-refractivity contribution >= 4 is 15.8 Å². The van der Waals surface area contributed by atoms with Gasteiger partial charge in [0.1, 0.15) is 22.3 Å². The first-order valence-electron chi connectivity index (χ1n) is 10.6. The number of carboxylic acid groups (broad SMARTS) is 1. The van der Waals surface area contributed by atoms with E-state index in [1.807, 2.05) is 0 Å². The summed E-state index contributed by atoms with van der Waals surface area (Å²) in [5, 5.41) is 10.5.